The molecule has 0 spiro atoms. The third kappa shape index (κ3) is 2.90. The van der Waals surface area contributed by atoms with E-state index in [0.29, 0.717) is 26.2 Å². The summed E-state index contributed by atoms with van der Waals surface area (Å²) in [5.74, 6) is 0.260. The zero-order valence-electron chi connectivity index (χ0n) is 9.52. The van der Waals surface area contributed by atoms with Crippen LogP contribution in [0.15, 0.2) is 0 Å². The van der Waals surface area contributed by atoms with Gasteiger partial charge < -0.3 is 5.73 Å². The van der Waals surface area contributed by atoms with Crippen LogP contribution in [0.1, 0.15) is 19.8 Å². The van der Waals surface area contributed by atoms with Gasteiger partial charge in [0, 0.05) is 26.7 Å². The Morgan fingerprint density at radius 2 is 2.07 bits per heavy atom. The van der Waals surface area contributed by atoms with Crippen LogP contribution in [0.5, 0.6) is 0 Å². The smallest absolute Gasteiger partial charge is 0.281 e. The molecule has 1 aliphatic rings. The molecule has 0 aromatic rings. The molecule has 90 valence electrons. The average molecular weight is 235 g/mol. The zero-order chi connectivity index (χ0) is 11.5. The first-order valence-corrected chi connectivity index (χ1v) is 6.83. The van der Waals surface area contributed by atoms with E-state index >= 15 is 0 Å². The van der Waals surface area contributed by atoms with Crippen LogP contribution >= 0.6 is 0 Å². The molecule has 1 rings (SSSR count). The molecule has 1 heterocycles. The van der Waals surface area contributed by atoms with Crippen molar-refractivity contribution in [3.8, 4) is 0 Å². The van der Waals surface area contributed by atoms with Crippen molar-refractivity contribution in [1.29, 1.82) is 0 Å². The second-order valence-corrected chi connectivity index (χ2v) is 6.14. The molecule has 0 aromatic carbocycles. The van der Waals surface area contributed by atoms with Crippen LogP contribution in [0.3, 0.4) is 0 Å². The van der Waals surface area contributed by atoms with Gasteiger partial charge in [-0.05, 0) is 18.9 Å². The highest BCUT2D eigenvalue weighted by Crippen LogP contribution is 2.18. The van der Waals surface area contributed by atoms with E-state index in [1.54, 1.807) is 11.4 Å². The zero-order valence-corrected chi connectivity index (χ0v) is 10.3. The number of unbranched alkanes of at least 4 members (excludes halogenated alkanes) is 1. The third-order valence-corrected chi connectivity index (χ3v) is 4.71. The second-order valence-electron chi connectivity index (χ2n) is 4.10. The number of hydrogen-bond donors (Lipinski definition) is 1. The predicted octanol–water partition coefficient (Wildman–Crippen LogP) is -0.146. The minimum Gasteiger partial charge on any atom is -0.330 e. The molecule has 5 nitrogen and oxygen atoms in total. The van der Waals surface area contributed by atoms with E-state index < -0.39 is 10.2 Å². The fraction of sp³-hybridized carbons (Fsp3) is 1.00. The van der Waals surface area contributed by atoms with Crippen LogP contribution in [0.4, 0.5) is 0 Å². The molecule has 15 heavy (non-hydrogen) atoms. The van der Waals surface area contributed by atoms with Gasteiger partial charge in [0.15, 0.2) is 0 Å². The van der Waals surface area contributed by atoms with Crippen molar-refractivity contribution in [3.63, 3.8) is 0 Å². The lowest BCUT2D eigenvalue weighted by atomic mass is 10.1. The quantitative estimate of drug-likeness (QED) is 0.737. The highest BCUT2D eigenvalue weighted by atomic mass is 32.2. The molecule has 6 heteroatoms. The Morgan fingerprint density at radius 3 is 2.60 bits per heavy atom. The van der Waals surface area contributed by atoms with E-state index in [-0.39, 0.29) is 5.92 Å². The van der Waals surface area contributed by atoms with E-state index in [1.807, 2.05) is 0 Å². The molecular weight excluding hydrogens is 214 g/mol. The van der Waals surface area contributed by atoms with Crippen LogP contribution < -0.4 is 5.73 Å². The monoisotopic (exact) mass is 235 g/mol. The molecule has 0 aliphatic carbocycles. The maximum absolute atomic E-state index is 11.9. The molecular formula is C9H21N3O2S. The standard InChI is InChI=1S/C9H21N3O2S/c1-3-4-5-12-8-9(6-10)7-11(2)15(12,13)14/h9H,3-8,10H2,1-2H3. The first kappa shape index (κ1) is 12.9. The Morgan fingerprint density at radius 1 is 1.40 bits per heavy atom. The van der Waals surface area contributed by atoms with E-state index in [2.05, 4.69) is 6.92 Å². The maximum atomic E-state index is 11.9. The highest BCUT2D eigenvalue weighted by Gasteiger charge is 2.34. The summed E-state index contributed by atoms with van der Waals surface area (Å²) in [6.07, 6.45) is 1.91. The predicted molar refractivity (Wildman–Crippen MR) is 60.6 cm³/mol. The number of rotatable bonds is 4. The largest absolute Gasteiger partial charge is 0.330 e. The molecule has 2 N–H and O–H groups in total. The van der Waals surface area contributed by atoms with E-state index in [4.69, 9.17) is 5.73 Å². The first-order chi connectivity index (χ1) is 7.02. The van der Waals surface area contributed by atoms with Gasteiger partial charge in [0.1, 0.15) is 0 Å². The normalized spacial score (nSPS) is 28.1. The Hall–Kier alpha value is -0.170. The minimum absolute atomic E-state index is 0.260. The summed E-state index contributed by atoms with van der Waals surface area (Å²) < 4.78 is 26.7. The lowest BCUT2D eigenvalue weighted by Crippen LogP contribution is -2.53. The van der Waals surface area contributed by atoms with Crippen molar-refractivity contribution in [3.05, 3.63) is 0 Å². The first-order valence-electron chi connectivity index (χ1n) is 5.43. The van der Waals surface area contributed by atoms with Gasteiger partial charge in [-0.15, -0.1) is 0 Å². The summed E-state index contributed by atoms with van der Waals surface area (Å²) in [4.78, 5) is 0. The topological polar surface area (TPSA) is 66.6 Å². The van der Waals surface area contributed by atoms with Crippen molar-refractivity contribution in [2.24, 2.45) is 11.7 Å². The summed E-state index contributed by atoms with van der Waals surface area (Å²) in [6, 6.07) is 0. The molecule has 0 aromatic heterocycles. The molecule has 1 saturated heterocycles. The molecule has 0 bridgehead atoms. The molecule has 1 atom stereocenters. The summed E-state index contributed by atoms with van der Waals surface area (Å²) in [5, 5.41) is 0. The number of nitrogens with zero attached hydrogens (tertiary/aromatic N) is 2. The van der Waals surface area contributed by atoms with Gasteiger partial charge in [0.05, 0.1) is 0 Å². The fourth-order valence-electron chi connectivity index (χ4n) is 1.79. The SMILES string of the molecule is CCCCN1CC(CN)CN(C)S1(=O)=O. The average Bonchev–Trinajstić information content (AvgIpc) is 2.20. The van der Waals surface area contributed by atoms with Crippen molar-refractivity contribution in [1.82, 2.24) is 8.61 Å². The van der Waals surface area contributed by atoms with E-state index in [9.17, 15) is 8.42 Å². The van der Waals surface area contributed by atoms with Crippen LogP contribution in [-0.4, -0.2) is 50.3 Å². The molecule has 1 fully saturated rings. The molecule has 0 saturated carbocycles. The number of nitrogens with two attached hydrogens (primary N) is 1. The van der Waals surface area contributed by atoms with Gasteiger partial charge >= 0.3 is 0 Å². The second kappa shape index (κ2) is 5.25. The number of hydrogen-bond acceptors (Lipinski definition) is 3. The van der Waals surface area contributed by atoms with Gasteiger partial charge in [0.2, 0.25) is 0 Å². The lowest BCUT2D eigenvalue weighted by molar-refractivity contribution is 0.244. The summed E-state index contributed by atoms with van der Waals surface area (Å²) >= 11 is 0. The van der Waals surface area contributed by atoms with Crippen LogP contribution in [-0.2, 0) is 10.2 Å². The van der Waals surface area contributed by atoms with E-state index in [0.717, 1.165) is 12.8 Å². The third-order valence-electron chi connectivity index (χ3n) is 2.79. The lowest BCUT2D eigenvalue weighted by Gasteiger charge is -2.36. The van der Waals surface area contributed by atoms with Crippen molar-refractivity contribution in [2.75, 3.05) is 33.2 Å². The fourth-order valence-corrected chi connectivity index (χ4v) is 3.34. The molecule has 1 unspecified atom stereocenters. The summed E-state index contributed by atoms with van der Waals surface area (Å²) in [5.41, 5.74) is 5.60. The van der Waals surface area contributed by atoms with Crippen LogP contribution in [0.2, 0.25) is 0 Å². The van der Waals surface area contributed by atoms with Crippen molar-refractivity contribution >= 4 is 10.2 Å². The summed E-state index contributed by atoms with van der Waals surface area (Å²) in [7, 11) is -1.59. The van der Waals surface area contributed by atoms with Gasteiger partial charge in [-0.2, -0.15) is 17.0 Å². The van der Waals surface area contributed by atoms with Crippen LogP contribution in [0, 0.1) is 5.92 Å². The Balaban J connectivity index is 2.71. The Labute approximate surface area is 92.4 Å². The Bertz CT molecular complexity index is 292. The Kier molecular flexibility index (Phi) is 4.51. The minimum atomic E-state index is -3.21. The molecule has 0 amide bonds. The van der Waals surface area contributed by atoms with Crippen LogP contribution in [0.25, 0.3) is 0 Å². The van der Waals surface area contributed by atoms with Gasteiger partial charge in [-0.3, -0.25) is 0 Å². The van der Waals surface area contributed by atoms with Crippen molar-refractivity contribution in [2.45, 2.75) is 19.8 Å². The highest BCUT2D eigenvalue weighted by molar-refractivity contribution is 7.86. The van der Waals surface area contributed by atoms with Gasteiger partial charge in [-0.25, -0.2) is 0 Å². The molecule has 0 radical (unpaired) electrons. The van der Waals surface area contributed by atoms with Crippen molar-refractivity contribution < 1.29 is 8.42 Å². The van der Waals surface area contributed by atoms with E-state index in [1.165, 1.54) is 4.31 Å². The molecule has 1 aliphatic heterocycles. The summed E-state index contributed by atoms with van der Waals surface area (Å²) in [6.45, 7) is 4.33. The van der Waals surface area contributed by atoms with Gasteiger partial charge in [-0.1, -0.05) is 13.3 Å². The van der Waals surface area contributed by atoms with Gasteiger partial charge in [0.25, 0.3) is 10.2 Å². The maximum Gasteiger partial charge on any atom is 0.281 e.